The number of nitrogens with zero attached hydrogens (tertiary/aromatic N) is 2. The molecule has 5 nitrogen and oxygen atoms in total. The topological polar surface area (TPSA) is 63.7 Å². The number of carbonyl (C=O) groups excluding carboxylic acids is 2. The molecule has 2 bridgehead atoms. The molecular weight excluding hydrogens is 323 g/mol. The Labute approximate surface area is 146 Å². The number of carboxylic acids is 1. The summed E-state index contributed by atoms with van der Waals surface area (Å²) in [6.07, 6.45) is 2.72. The van der Waals surface area contributed by atoms with Crippen LogP contribution in [0.1, 0.15) is 19.3 Å². The number of rotatable bonds is 3. The number of amides is 1. The molecule has 2 saturated carbocycles. The molecule has 134 valence electrons. The molecule has 1 aromatic carbocycles. The van der Waals surface area contributed by atoms with Gasteiger partial charge in [0.2, 0.25) is 5.91 Å². The van der Waals surface area contributed by atoms with E-state index in [1.807, 2.05) is 0 Å². The third-order valence-electron chi connectivity index (χ3n) is 6.26. The second kappa shape index (κ2) is 6.32. The molecule has 2 aliphatic carbocycles. The van der Waals surface area contributed by atoms with E-state index in [2.05, 4.69) is 4.90 Å². The van der Waals surface area contributed by atoms with Crippen LogP contribution in [-0.2, 0) is 9.59 Å². The predicted molar refractivity (Wildman–Crippen MR) is 88.0 cm³/mol. The van der Waals surface area contributed by atoms with Gasteiger partial charge in [-0.2, -0.15) is 0 Å². The highest BCUT2D eigenvalue weighted by Gasteiger charge is 2.52. The molecule has 0 spiro atoms. The number of benzene rings is 1. The summed E-state index contributed by atoms with van der Waals surface area (Å²) >= 11 is 0. The van der Waals surface area contributed by atoms with Crippen molar-refractivity contribution >= 4 is 17.6 Å². The predicted octanol–water partition coefficient (Wildman–Crippen LogP) is 0.886. The van der Waals surface area contributed by atoms with Crippen molar-refractivity contribution in [3.05, 3.63) is 30.1 Å². The maximum Gasteiger partial charge on any atom is 0.226 e. The van der Waals surface area contributed by atoms with Gasteiger partial charge in [0, 0.05) is 49.7 Å². The van der Waals surface area contributed by atoms with Gasteiger partial charge in [0.15, 0.2) is 0 Å². The Kier molecular flexibility index (Phi) is 4.13. The van der Waals surface area contributed by atoms with Gasteiger partial charge in [-0.15, -0.1) is 0 Å². The van der Waals surface area contributed by atoms with Gasteiger partial charge in [-0.1, -0.05) is 0 Å². The van der Waals surface area contributed by atoms with Crippen LogP contribution in [0.5, 0.6) is 0 Å². The van der Waals surface area contributed by atoms with Crippen LogP contribution in [0.2, 0.25) is 0 Å². The number of anilines is 1. The van der Waals surface area contributed by atoms with Crippen LogP contribution < -0.4 is 10.0 Å². The van der Waals surface area contributed by atoms with Gasteiger partial charge in [0.25, 0.3) is 0 Å². The van der Waals surface area contributed by atoms with Gasteiger partial charge in [0.05, 0.1) is 0 Å². The van der Waals surface area contributed by atoms with E-state index in [0.717, 1.165) is 24.9 Å². The molecule has 25 heavy (non-hydrogen) atoms. The average Bonchev–Trinajstić information content (AvgIpc) is 3.23. The van der Waals surface area contributed by atoms with Crippen molar-refractivity contribution in [2.75, 3.05) is 31.1 Å². The van der Waals surface area contributed by atoms with Gasteiger partial charge in [-0.25, -0.2) is 4.39 Å². The van der Waals surface area contributed by atoms with Crippen LogP contribution in [0, 0.1) is 29.5 Å². The first-order valence-electron chi connectivity index (χ1n) is 9.05. The highest BCUT2D eigenvalue weighted by Crippen LogP contribution is 2.52. The van der Waals surface area contributed by atoms with Crippen molar-refractivity contribution in [2.24, 2.45) is 23.7 Å². The number of piperazine rings is 1. The lowest BCUT2D eigenvalue weighted by atomic mass is 9.78. The summed E-state index contributed by atoms with van der Waals surface area (Å²) in [5.41, 5.74) is 0.945. The van der Waals surface area contributed by atoms with Crippen LogP contribution in [0.4, 0.5) is 10.1 Å². The Morgan fingerprint density at radius 1 is 0.960 bits per heavy atom. The molecular formula is C19H22FN2O3-. The monoisotopic (exact) mass is 345 g/mol. The molecule has 0 radical (unpaired) electrons. The van der Waals surface area contributed by atoms with Crippen LogP contribution in [0.3, 0.4) is 0 Å². The van der Waals surface area contributed by atoms with Gasteiger partial charge in [-0.05, 0) is 55.4 Å². The Hall–Kier alpha value is -2.11. The normalized spacial score (nSPS) is 31.4. The van der Waals surface area contributed by atoms with Crippen molar-refractivity contribution < 1.29 is 19.1 Å². The third-order valence-corrected chi connectivity index (χ3v) is 6.26. The van der Waals surface area contributed by atoms with Crippen LogP contribution in [-0.4, -0.2) is 43.0 Å². The summed E-state index contributed by atoms with van der Waals surface area (Å²) in [6.45, 7) is 2.50. The standard InChI is InChI=1S/C19H23FN2O3/c20-14-3-5-15(6-4-14)21-7-9-22(10-8-21)18(23)16-12-1-2-13(11-12)17(16)19(24)25/h3-6,12-13,16-17H,1-2,7-11H2,(H,24,25)/p-1/t12-,13+,16-,17+/m1/s1. The first-order valence-corrected chi connectivity index (χ1v) is 9.05. The van der Waals surface area contributed by atoms with Gasteiger partial charge < -0.3 is 19.7 Å². The quantitative estimate of drug-likeness (QED) is 0.816. The van der Waals surface area contributed by atoms with Crippen molar-refractivity contribution in [3.63, 3.8) is 0 Å². The number of aliphatic carboxylic acids is 1. The highest BCUT2D eigenvalue weighted by atomic mass is 19.1. The summed E-state index contributed by atoms with van der Waals surface area (Å²) in [6, 6.07) is 6.36. The average molecular weight is 345 g/mol. The summed E-state index contributed by atoms with van der Waals surface area (Å²) in [7, 11) is 0. The molecule has 6 heteroatoms. The van der Waals surface area contributed by atoms with E-state index in [1.54, 1.807) is 17.0 Å². The molecule has 0 unspecified atom stereocenters. The second-order valence-corrected chi connectivity index (χ2v) is 7.49. The fourth-order valence-corrected chi connectivity index (χ4v) is 5.03. The van der Waals surface area contributed by atoms with E-state index < -0.39 is 17.8 Å². The van der Waals surface area contributed by atoms with Crippen LogP contribution in [0.15, 0.2) is 24.3 Å². The number of carbonyl (C=O) groups is 2. The van der Waals surface area contributed by atoms with Crippen molar-refractivity contribution in [1.82, 2.24) is 4.90 Å². The Balaban J connectivity index is 1.41. The second-order valence-electron chi connectivity index (χ2n) is 7.49. The summed E-state index contributed by atoms with van der Waals surface area (Å²) in [5.74, 6) is -2.03. The van der Waals surface area contributed by atoms with Crippen molar-refractivity contribution in [2.45, 2.75) is 19.3 Å². The van der Waals surface area contributed by atoms with Crippen molar-refractivity contribution in [3.8, 4) is 0 Å². The lowest BCUT2D eigenvalue weighted by Gasteiger charge is -2.40. The largest absolute Gasteiger partial charge is 0.550 e. The van der Waals surface area contributed by atoms with E-state index in [-0.39, 0.29) is 23.6 Å². The zero-order valence-corrected chi connectivity index (χ0v) is 14.1. The van der Waals surface area contributed by atoms with E-state index in [4.69, 9.17) is 0 Å². The number of hydrogen-bond donors (Lipinski definition) is 0. The fourth-order valence-electron chi connectivity index (χ4n) is 5.03. The minimum absolute atomic E-state index is 0.0137. The zero-order chi connectivity index (χ0) is 17.6. The smallest absolute Gasteiger partial charge is 0.226 e. The van der Waals surface area contributed by atoms with E-state index in [0.29, 0.717) is 26.2 Å². The Morgan fingerprint density at radius 3 is 2.16 bits per heavy atom. The molecule has 3 aliphatic rings. The van der Waals surface area contributed by atoms with Crippen LogP contribution in [0.25, 0.3) is 0 Å². The van der Waals surface area contributed by atoms with E-state index in [1.165, 1.54) is 12.1 Å². The van der Waals surface area contributed by atoms with Gasteiger partial charge in [-0.3, -0.25) is 4.79 Å². The van der Waals surface area contributed by atoms with E-state index >= 15 is 0 Å². The minimum Gasteiger partial charge on any atom is -0.550 e. The number of halogens is 1. The zero-order valence-electron chi connectivity index (χ0n) is 14.1. The number of hydrogen-bond acceptors (Lipinski definition) is 4. The Morgan fingerprint density at radius 2 is 1.56 bits per heavy atom. The molecule has 1 aliphatic heterocycles. The fraction of sp³-hybridized carbons (Fsp3) is 0.579. The number of fused-ring (bicyclic) bond motifs is 2. The van der Waals surface area contributed by atoms with Crippen molar-refractivity contribution in [1.29, 1.82) is 0 Å². The molecule has 0 aromatic heterocycles. The number of carboxylic acid groups (broad SMARTS) is 1. The highest BCUT2D eigenvalue weighted by molar-refractivity contribution is 5.86. The van der Waals surface area contributed by atoms with Gasteiger partial charge >= 0.3 is 0 Å². The molecule has 3 fully saturated rings. The molecule has 1 saturated heterocycles. The minimum atomic E-state index is -1.06. The molecule has 1 amide bonds. The third kappa shape index (κ3) is 2.87. The molecule has 1 aromatic rings. The molecule has 1 heterocycles. The first-order chi connectivity index (χ1) is 12.0. The molecule has 0 N–H and O–H groups in total. The summed E-state index contributed by atoms with van der Waals surface area (Å²) in [4.78, 5) is 28.4. The van der Waals surface area contributed by atoms with Gasteiger partial charge in [0.1, 0.15) is 5.82 Å². The summed E-state index contributed by atoms with van der Waals surface area (Å²) in [5, 5.41) is 11.5. The lowest BCUT2D eigenvalue weighted by molar-refractivity contribution is -0.314. The molecule has 4 rings (SSSR count). The van der Waals surface area contributed by atoms with E-state index in [9.17, 15) is 19.1 Å². The SMILES string of the molecule is O=C([O-])[C@H]1[C@H]2CC[C@H](C2)[C@H]1C(=O)N1CCN(c2ccc(F)cc2)CC1. The molecule has 4 atom stereocenters. The lowest BCUT2D eigenvalue weighted by Crippen LogP contribution is -2.53. The van der Waals surface area contributed by atoms with Crippen LogP contribution >= 0.6 is 0 Å². The Bertz CT molecular complexity index is 670. The first kappa shape index (κ1) is 16.4. The maximum absolute atomic E-state index is 13.0. The summed E-state index contributed by atoms with van der Waals surface area (Å²) < 4.78 is 13.0. The maximum atomic E-state index is 13.0.